The zero-order valence-corrected chi connectivity index (χ0v) is 10.6. The minimum atomic E-state index is -0.236. The monoisotopic (exact) mass is 244 g/mol. The highest BCUT2D eigenvalue weighted by Gasteiger charge is 2.25. The first-order valence-corrected chi connectivity index (χ1v) is 6.92. The lowest BCUT2D eigenvalue weighted by atomic mass is 9.92. The summed E-state index contributed by atoms with van der Waals surface area (Å²) in [6.45, 7) is 0.785. The van der Waals surface area contributed by atoms with Crippen molar-refractivity contribution in [2.45, 2.75) is 44.1 Å². The van der Waals surface area contributed by atoms with E-state index in [-0.39, 0.29) is 6.10 Å². The normalized spacial score (nSPS) is 27.1. The van der Waals surface area contributed by atoms with Crippen molar-refractivity contribution >= 4 is 0 Å². The summed E-state index contributed by atoms with van der Waals surface area (Å²) in [7, 11) is 0. The van der Waals surface area contributed by atoms with Crippen LogP contribution in [0.3, 0.4) is 0 Å². The molecule has 2 nitrogen and oxygen atoms in total. The summed E-state index contributed by atoms with van der Waals surface area (Å²) >= 11 is 0. The molecule has 0 fully saturated rings. The summed E-state index contributed by atoms with van der Waals surface area (Å²) < 4.78 is 5.72. The van der Waals surface area contributed by atoms with Crippen molar-refractivity contribution in [1.82, 2.24) is 0 Å². The van der Waals surface area contributed by atoms with Crippen LogP contribution in [0, 0.1) is 0 Å². The Bertz CT molecular complexity index is 450. The highest BCUT2D eigenvalue weighted by atomic mass is 16.5. The van der Waals surface area contributed by atoms with E-state index in [1.54, 1.807) is 0 Å². The third kappa shape index (κ3) is 2.44. The second-order valence-electron chi connectivity index (χ2n) is 5.39. The molecule has 0 spiro atoms. The van der Waals surface area contributed by atoms with Gasteiger partial charge in [-0.25, -0.2) is 0 Å². The number of aliphatic hydroxyl groups excluding tert-OH is 1. The van der Waals surface area contributed by atoms with Crippen LogP contribution in [-0.2, 0) is 0 Å². The van der Waals surface area contributed by atoms with Gasteiger partial charge in [-0.15, -0.1) is 0 Å². The molecular weight excluding hydrogens is 224 g/mol. The van der Waals surface area contributed by atoms with Crippen LogP contribution < -0.4 is 4.74 Å². The fourth-order valence-corrected chi connectivity index (χ4v) is 3.03. The summed E-state index contributed by atoms with van der Waals surface area (Å²) in [6, 6.07) is 8.32. The maximum atomic E-state index is 9.82. The number of fused-ring (bicyclic) bond motifs is 1. The molecular formula is C16H20O2. The van der Waals surface area contributed by atoms with Crippen molar-refractivity contribution in [2.75, 3.05) is 6.61 Å². The number of ether oxygens (including phenoxy) is 1. The largest absolute Gasteiger partial charge is 0.493 e. The molecule has 2 aliphatic rings. The Hall–Kier alpha value is -1.28. The van der Waals surface area contributed by atoms with Crippen LogP contribution in [0.1, 0.15) is 43.6 Å². The van der Waals surface area contributed by atoms with Gasteiger partial charge < -0.3 is 9.84 Å². The van der Waals surface area contributed by atoms with Gasteiger partial charge >= 0.3 is 0 Å². The standard InChI is InChI=1S/C16H20O2/c17-14-6-2-1-5-12(10-14)9-13-11-18-16-8-4-3-7-15(13)16/h3-4,7-8,10,13-14,17H,1-2,5-6,9,11H2. The molecule has 2 heteroatoms. The molecule has 1 N–H and O–H groups in total. The smallest absolute Gasteiger partial charge is 0.122 e. The van der Waals surface area contributed by atoms with Crippen molar-refractivity contribution in [3.05, 3.63) is 41.5 Å². The molecule has 0 saturated heterocycles. The third-order valence-corrected chi connectivity index (χ3v) is 3.98. The molecule has 1 aliphatic carbocycles. The predicted molar refractivity (Wildman–Crippen MR) is 71.9 cm³/mol. The number of aliphatic hydroxyl groups is 1. The Morgan fingerprint density at radius 1 is 1.22 bits per heavy atom. The highest BCUT2D eigenvalue weighted by molar-refractivity contribution is 5.40. The van der Waals surface area contributed by atoms with Crippen LogP contribution in [0.15, 0.2) is 35.9 Å². The Morgan fingerprint density at radius 3 is 3.06 bits per heavy atom. The average Bonchev–Trinajstić information content (AvgIpc) is 2.66. The third-order valence-electron chi connectivity index (χ3n) is 3.98. The zero-order chi connectivity index (χ0) is 12.4. The van der Waals surface area contributed by atoms with Crippen LogP contribution in [0.25, 0.3) is 0 Å². The predicted octanol–water partition coefficient (Wildman–Crippen LogP) is 3.41. The second-order valence-corrected chi connectivity index (χ2v) is 5.39. The van der Waals surface area contributed by atoms with Gasteiger partial charge in [0.1, 0.15) is 5.75 Å². The summed E-state index contributed by atoms with van der Waals surface area (Å²) in [5.41, 5.74) is 2.74. The maximum Gasteiger partial charge on any atom is 0.122 e. The molecule has 0 amide bonds. The molecule has 0 bridgehead atoms. The van der Waals surface area contributed by atoms with Gasteiger partial charge in [0.25, 0.3) is 0 Å². The zero-order valence-electron chi connectivity index (χ0n) is 10.6. The Balaban J connectivity index is 1.74. The molecule has 1 aliphatic heterocycles. The van der Waals surface area contributed by atoms with Crippen LogP contribution in [0.5, 0.6) is 5.75 Å². The van der Waals surface area contributed by atoms with Gasteiger partial charge in [-0.3, -0.25) is 0 Å². The first kappa shape index (κ1) is 11.8. The van der Waals surface area contributed by atoms with Crippen molar-refractivity contribution in [3.8, 4) is 5.75 Å². The summed E-state index contributed by atoms with van der Waals surface area (Å²) in [4.78, 5) is 0. The fraction of sp³-hybridized carbons (Fsp3) is 0.500. The quantitative estimate of drug-likeness (QED) is 0.808. The van der Waals surface area contributed by atoms with E-state index >= 15 is 0 Å². The van der Waals surface area contributed by atoms with E-state index in [1.807, 2.05) is 12.1 Å². The summed E-state index contributed by atoms with van der Waals surface area (Å²) in [5, 5.41) is 9.82. The minimum absolute atomic E-state index is 0.236. The first-order valence-electron chi connectivity index (χ1n) is 6.92. The first-order chi connectivity index (χ1) is 8.83. The molecule has 1 aromatic rings. The highest BCUT2D eigenvalue weighted by Crippen LogP contribution is 2.38. The summed E-state index contributed by atoms with van der Waals surface area (Å²) in [5.74, 6) is 1.51. The maximum absolute atomic E-state index is 9.82. The van der Waals surface area contributed by atoms with E-state index in [4.69, 9.17) is 4.74 Å². The number of benzene rings is 1. The topological polar surface area (TPSA) is 29.5 Å². The van der Waals surface area contributed by atoms with Gasteiger partial charge in [-0.2, -0.15) is 0 Å². The van der Waals surface area contributed by atoms with E-state index in [0.29, 0.717) is 5.92 Å². The Morgan fingerprint density at radius 2 is 2.11 bits per heavy atom. The van der Waals surface area contributed by atoms with Crippen LogP contribution >= 0.6 is 0 Å². The molecule has 1 aromatic carbocycles. The molecule has 0 radical (unpaired) electrons. The van der Waals surface area contributed by atoms with Crippen molar-refractivity contribution in [1.29, 1.82) is 0 Å². The molecule has 0 saturated carbocycles. The SMILES string of the molecule is OC1C=C(CC2COc3ccccc32)CCCC1. The molecule has 0 aromatic heterocycles. The second kappa shape index (κ2) is 5.15. The molecule has 1 heterocycles. The number of hydrogen-bond donors (Lipinski definition) is 1. The van der Waals surface area contributed by atoms with E-state index in [0.717, 1.165) is 38.0 Å². The molecule has 3 rings (SSSR count). The molecule has 2 atom stereocenters. The lowest BCUT2D eigenvalue weighted by molar-refractivity contribution is 0.210. The Kier molecular flexibility index (Phi) is 3.37. The number of para-hydroxylation sites is 1. The van der Waals surface area contributed by atoms with E-state index in [9.17, 15) is 5.11 Å². The molecule has 2 unspecified atom stereocenters. The lowest BCUT2D eigenvalue weighted by Crippen LogP contribution is -2.04. The van der Waals surface area contributed by atoms with Crippen LogP contribution in [-0.4, -0.2) is 17.8 Å². The van der Waals surface area contributed by atoms with E-state index in [2.05, 4.69) is 18.2 Å². The lowest BCUT2D eigenvalue weighted by Gasteiger charge is -2.12. The summed E-state index contributed by atoms with van der Waals surface area (Å²) in [6.07, 6.45) is 7.27. The van der Waals surface area contributed by atoms with Crippen LogP contribution in [0.4, 0.5) is 0 Å². The van der Waals surface area contributed by atoms with Gasteiger partial charge in [-0.1, -0.05) is 36.3 Å². The van der Waals surface area contributed by atoms with Crippen LogP contribution in [0.2, 0.25) is 0 Å². The fourth-order valence-electron chi connectivity index (χ4n) is 3.03. The minimum Gasteiger partial charge on any atom is -0.493 e. The number of hydrogen-bond acceptors (Lipinski definition) is 2. The Labute approximate surface area is 108 Å². The van der Waals surface area contributed by atoms with Gasteiger partial charge in [0.05, 0.1) is 12.7 Å². The van der Waals surface area contributed by atoms with Crippen molar-refractivity contribution in [3.63, 3.8) is 0 Å². The molecule has 18 heavy (non-hydrogen) atoms. The van der Waals surface area contributed by atoms with Gasteiger partial charge in [0.15, 0.2) is 0 Å². The van der Waals surface area contributed by atoms with Crippen molar-refractivity contribution in [2.24, 2.45) is 0 Å². The van der Waals surface area contributed by atoms with E-state index < -0.39 is 0 Å². The number of rotatable bonds is 2. The van der Waals surface area contributed by atoms with E-state index in [1.165, 1.54) is 17.6 Å². The average molecular weight is 244 g/mol. The van der Waals surface area contributed by atoms with Gasteiger partial charge in [0.2, 0.25) is 0 Å². The molecule has 96 valence electrons. The number of allylic oxidation sites excluding steroid dienone is 1. The van der Waals surface area contributed by atoms with Crippen molar-refractivity contribution < 1.29 is 9.84 Å². The van der Waals surface area contributed by atoms with Gasteiger partial charge in [0, 0.05) is 11.5 Å². The van der Waals surface area contributed by atoms with Gasteiger partial charge in [-0.05, 0) is 31.7 Å².